The van der Waals surface area contributed by atoms with Gasteiger partial charge in [0.2, 0.25) is 0 Å². The number of rotatable bonds is 10. The van der Waals surface area contributed by atoms with Gasteiger partial charge in [0.15, 0.2) is 0 Å². The fourth-order valence-corrected chi connectivity index (χ4v) is 10.0. The van der Waals surface area contributed by atoms with Crippen LogP contribution in [0.25, 0.3) is 0 Å². The average Bonchev–Trinajstić information content (AvgIpc) is 3.23. The van der Waals surface area contributed by atoms with E-state index in [2.05, 4.69) is 27.7 Å². The van der Waals surface area contributed by atoms with E-state index in [0.717, 1.165) is 43.4 Å². The molecule has 0 aliphatic heterocycles. The fourth-order valence-electron chi connectivity index (χ4n) is 10.0. The molecule has 0 aromatic carbocycles. The van der Waals surface area contributed by atoms with Crippen molar-refractivity contribution in [3.8, 4) is 0 Å². The summed E-state index contributed by atoms with van der Waals surface area (Å²) in [5, 5.41) is 0. The number of hydrogen-bond donors (Lipinski definition) is 0. The Kier molecular flexibility index (Phi) is 9.51. The third kappa shape index (κ3) is 6.24. The van der Waals surface area contributed by atoms with Crippen molar-refractivity contribution in [2.75, 3.05) is 13.7 Å². The van der Waals surface area contributed by atoms with E-state index in [1.807, 2.05) is 20.8 Å². The lowest BCUT2D eigenvalue weighted by atomic mass is 9.44. The molecule has 0 amide bonds. The first-order valence-electron chi connectivity index (χ1n) is 16.3. The van der Waals surface area contributed by atoms with Crippen LogP contribution in [0, 0.1) is 52.3 Å². The number of methoxy groups -OCH3 is 1. The lowest BCUT2D eigenvalue weighted by Gasteiger charge is -2.61. The van der Waals surface area contributed by atoms with Gasteiger partial charge < -0.3 is 14.2 Å². The van der Waals surface area contributed by atoms with Crippen LogP contribution in [-0.2, 0) is 23.8 Å². The predicted octanol–water partition coefficient (Wildman–Crippen LogP) is 7.99. The minimum absolute atomic E-state index is 0.00582. The van der Waals surface area contributed by atoms with Gasteiger partial charge in [-0.15, -0.1) is 0 Å². The van der Waals surface area contributed by atoms with Crippen LogP contribution in [0.1, 0.15) is 126 Å². The zero-order chi connectivity index (χ0) is 28.6. The molecule has 10 atom stereocenters. The largest absolute Gasteiger partial charge is 0.462 e. The van der Waals surface area contributed by atoms with Gasteiger partial charge in [-0.25, -0.2) is 0 Å². The maximum Gasteiger partial charge on any atom is 0.308 e. The molecule has 0 radical (unpaired) electrons. The summed E-state index contributed by atoms with van der Waals surface area (Å²) in [5.41, 5.74) is 0.222. The summed E-state index contributed by atoms with van der Waals surface area (Å²) in [7, 11) is 1.65. The average molecular weight is 547 g/mol. The molecule has 0 bridgehead atoms. The monoisotopic (exact) mass is 546 g/mol. The van der Waals surface area contributed by atoms with Crippen molar-refractivity contribution in [2.45, 2.75) is 137 Å². The summed E-state index contributed by atoms with van der Waals surface area (Å²) in [4.78, 5) is 25.1. The molecule has 5 heteroatoms. The molecule has 5 nitrogen and oxygen atoms in total. The van der Waals surface area contributed by atoms with Gasteiger partial charge >= 0.3 is 11.9 Å². The van der Waals surface area contributed by atoms with Crippen molar-refractivity contribution < 1.29 is 23.8 Å². The van der Waals surface area contributed by atoms with Gasteiger partial charge in [0.05, 0.1) is 12.5 Å². The summed E-state index contributed by atoms with van der Waals surface area (Å²) in [5.74, 6) is 4.31. The number of fused-ring (bicyclic) bond motifs is 5. The first-order chi connectivity index (χ1) is 18.3. The third-order valence-corrected chi connectivity index (χ3v) is 12.4. The molecule has 4 aliphatic carbocycles. The van der Waals surface area contributed by atoms with Gasteiger partial charge in [-0.05, 0) is 131 Å². The standard InChI is InChI=1S/C34H58O5/c1-9-22(2)31(36)38-25-16-18-33(6)24(20-25)11-12-26-28-14-13-27(34(28,7)19-17-29(26)33)23(3)10-15-30(35)39-32(4,5)21-37-8/h22-29H,9-21H2,1-8H3/t22?,23?,24?,25?,26?,27?,28?,29?,33-,34+/m0/s1. The molecule has 8 unspecified atom stereocenters. The maximum absolute atomic E-state index is 12.6. The second-order valence-corrected chi connectivity index (χ2v) is 15.2. The van der Waals surface area contributed by atoms with Crippen molar-refractivity contribution in [1.29, 1.82) is 0 Å². The Morgan fingerprint density at radius 2 is 1.64 bits per heavy atom. The van der Waals surface area contributed by atoms with Gasteiger partial charge in [0, 0.05) is 13.5 Å². The van der Waals surface area contributed by atoms with Gasteiger partial charge in [-0.2, -0.15) is 0 Å². The van der Waals surface area contributed by atoms with Crippen LogP contribution in [0.5, 0.6) is 0 Å². The lowest BCUT2D eigenvalue weighted by Crippen LogP contribution is -2.54. The van der Waals surface area contributed by atoms with E-state index in [0.29, 0.717) is 41.6 Å². The van der Waals surface area contributed by atoms with Crippen molar-refractivity contribution in [3.05, 3.63) is 0 Å². The van der Waals surface area contributed by atoms with Crippen LogP contribution in [0.2, 0.25) is 0 Å². The molecule has 0 saturated heterocycles. The number of carbonyl (C=O) groups excluding carboxylic acids is 2. The van der Waals surface area contributed by atoms with Crippen molar-refractivity contribution >= 4 is 11.9 Å². The zero-order valence-corrected chi connectivity index (χ0v) is 26.4. The van der Waals surface area contributed by atoms with Gasteiger partial charge in [0.1, 0.15) is 11.7 Å². The Morgan fingerprint density at radius 1 is 0.949 bits per heavy atom. The fraction of sp³-hybridized carbons (Fsp3) is 0.941. The van der Waals surface area contributed by atoms with E-state index in [9.17, 15) is 9.59 Å². The SMILES string of the molecule is CCC(C)C(=O)OC1CC[C@@]2(C)C(CCC3C4CCC(C(C)CCC(=O)OC(C)(C)COC)[C@@]4(C)CCC32)C1. The number of ether oxygens (including phenoxy) is 3. The van der Waals surface area contributed by atoms with E-state index in [1.54, 1.807) is 7.11 Å². The molecule has 4 saturated carbocycles. The smallest absolute Gasteiger partial charge is 0.308 e. The summed E-state index contributed by atoms with van der Waals surface area (Å²) in [6, 6.07) is 0. The molecule has 39 heavy (non-hydrogen) atoms. The van der Waals surface area contributed by atoms with E-state index < -0.39 is 5.60 Å². The Hall–Kier alpha value is -1.10. The lowest BCUT2D eigenvalue weighted by molar-refractivity contribution is -0.166. The van der Waals surface area contributed by atoms with Crippen molar-refractivity contribution in [3.63, 3.8) is 0 Å². The maximum atomic E-state index is 12.6. The first-order valence-corrected chi connectivity index (χ1v) is 16.3. The van der Waals surface area contributed by atoms with Gasteiger partial charge in [-0.3, -0.25) is 9.59 Å². The van der Waals surface area contributed by atoms with E-state index >= 15 is 0 Å². The highest BCUT2D eigenvalue weighted by Gasteiger charge is 2.60. The molecule has 0 spiro atoms. The second-order valence-electron chi connectivity index (χ2n) is 15.2. The quantitative estimate of drug-likeness (QED) is 0.260. The minimum Gasteiger partial charge on any atom is -0.462 e. The highest BCUT2D eigenvalue weighted by molar-refractivity contribution is 5.72. The van der Waals surface area contributed by atoms with Crippen LogP contribution in [-0.4, -0.2) is 37.4 Å². The zero-order valence-electron chi connectivity index (χ0n) is 26.4. The predicted molar refractivity (Wildman–Crippen MR) is 155 cm³/mol. The van der Waals surface area contributed by atoms with Gasteiger partial charge in [-0.1, -0.05) is 34.6 Å². The highest BCUT2D eigenvalue weighted by Crippen LogP contribution is 2.68. The summed E-state index contributed by atoms with van der Waals surface area (Å²) < 4.78 is 16.9. The van der Waals surface area contributed by atoms with Crippen LogP contribution in [0.4, 0.5) is 0 Å². The number of carbonyl (C=O) groups is 2. The molecule has 0 N–H and O–H groups in total. The Morgan fingerprint density at radius 3 is 2.33 bits per heavy atom. The van der Waals surface area contributed by atoms with E-state index in [4.69, 9.17) is 14.2 Å². The minimum atomic E-state index is -0.568. The molecule has 4 aliphatic rings. The first kappa shape index (κ1) is 30.8. The topological polar surface area (TPSA) is 61.8 Å². The summed E-state index contributed by atoms with van der Waals surface area (Å²) in [6.45, 7) is 15.9. The third-order valence-electron chi connectivity index (χ3n) is 12.4. The van der Waals surface area contributed by atoms with Crippen LogP contribution < -0.4 is 0 Å². The molecule has 4 rings (SSSR count). The number of hydrogen-bond acceptors (Lipinski definition) is 5. The Bertz CT molecular complexity index is 868. The van der Waals surface area contributed by atoms with E-state index in [-0.39, 0.29) is 24.0 Å². The molecular weight excluding hydrogens is 488 g/mol. The Balaban J connectivity index is 1.35. The van der Waals surface area contributed by atoms with E-state index in [1.165, 1.54) is 44.9 Å². The van der Waals surface area contributed by atoms with Gasteiger partial charge in [0.25, 0.3) is 0 Å². The molecular formula is C34H58O5. The number of esters is 2. The summed E-state index contributed by atoms with van der Waals surface area (Å²) >= 11 is 0. The molecule has 0 aromatic heterocycles. The van der Waals surface area contributed by atoms with Crippen LogP contribution in [0.15, 0.2) is 0 Å². The summed E-state index contributed by atoms with van der Waals surface area (Å²) in [6.07, 6.45) is 13.7. The normalized spacial score (nSPS) is 39.6. The molecule has 4 fully saturated rings. The van der Waals surface area contributed by atoms with Crippen molar-refractivity contribution in [1.82, 2.24) is 0 Å². The molecule has 0 aromatic rings. The molecule has 0 heterocycles. The highest BCUT2D eigenvalue weighted by atomic mass is 16.6. The molecule has 224 valence electrons. The second kappa shape index (κ2) is 12.0. The van der Waals surface area contributed by atoms with Crippen LogP contribution >= 0.6 is 0 Å². The Labute approximate surface area is 238 Å². The van der Waals surface area contributed by atoms with Crippen LogP contribution in [0.3, 0.4) is 0 Å². The van der Waals surface area contributed by atoms with Crippen molar-refractivity contribution in [2.24, 2.45) is 52.3 Å².